The minimum Gasteiger partial charge on any atom is -0.381 e. The van der Waals surface area contributed by atoms with E-state index in [1.807, 2.05) is 23.2 Å². The lowest BCUT2D eigenvalue weighted by molar-refractivity contribution is -0.141. The van der Waals surface area contributed by atoms with E-state index < -0.39 is 5.41 Å². The van der Waals surface area contributed by atoms with Crippen LogP contribution in [0.3, 0.4) is 0 Å². The van der Waals surface area contributed by atoms with Gasteiger partial charge in [-0.2, -0.15) is 0 Å². The number of ether oxygens (including phenoxy) is 1. The zero-order chi connectivity index (χ0) is 22.7. The van der Waals surface area contributed by atoms with Crippen molar-refractivity contribution in [2.24, 2.45) is 5.92 Å². The molecule has 1 unspecified atom stereocenters. The van der Waals surface area contributed by atoms with Gasteiger partial charge in [-0.1, -0.05) is 30.3 Å². The third kappa shape index (κ3) is 4.51. The second-order valence-corrected chi connectivity index (χ2v) is 9.49. The number of para-hydroxylation sites is 1. The zero-order valence-corrected chi connectivity index (χ0v) is 19.0. The Bertz CT molecular complexity index is 1120. The molecule has 0 bridgehead atoms. The molecule has 2 aromatic carbocycles. The van der Waals surface area contributed by atoms with E-state index in [0.29, 0.717) is 32.0 Å². The summed E-state index contributed by atoms with van der Waals surface area (Å²) in [5, 5.41) is 1.23. The van der Waals surface area contributed by atoms with E-state index in [1.54, 1.807) is 12.1 Å². The summed E-state index contributed by atoms with van der Waals surface area (Å²) in [5.41, 5.74) is 2.49. The first-order valence-electron chi connectivity index (χ1n) is 12.1. The van der Waals surface area contributed by atoms with Crippen molar-refractivity contribution in [3.8, 4) is 0 Å². The first-order valence-corrected chi connectivity index (χ1v) is 12.1. The molecular formula is C28H31FN2O2. The van der Waals surface area contributed by atoms with Crippen molar-refractivity contribution < 1.29 is 13.9 Å². The second kappa shape index (κ2) is 9.60. The van der Waals surface area contributed by atoms with Gasteiger partial charge in [-0.3, -0.25) is 9.78 Å². The number of benzene rings is 2. The molecule has 33 heavy (non-hydrogen) atoms. The molecule has 2 aliphatic rings. The minimum atomic E-state index is -0.679. The highest BCUT2D eigenvalue weighted by Gasteiger charge is 2.44. The van der Waals surface area contributed by atoms with E-state index >= 15 is 0 Å². The number of fused-ring (bicyclic) bond motifs is 1. The van der Waals surface area contributed by atoms with Gasteiger partial charge in [-0.25, -0.2) is 4.39 Å². The molecule has 4 nitrogen and oxygen atoms in total. The molecule has 1 atom stereocenters. The Hall–Kier alpha value is -2.79. The normalized spacial score (nSPS) is 21.0. The lowest BCUT2D eigenvalue weighted by atomic mass is 9.73. The maximum absolute atomic E-state index is 14.1. The summed E-state index contributed by atoms with van der Waals surface area (Å²) in [7, 11) is 0. The van der Waals surface area contributed by atoms with Crippen LogP contribution in [0.4, 0.5) is 4.39 Å². The number of aromatic nitrogens is 1. The Morgan fingerprint density at radius 1 is 1.06 bits per heavy atom. The Morgan fingerprint density at radius 3 is 2.76 bits per heavy atom. The maximum atomic E-state index is 14.1. The van der Waals surface area contributed by atoms with Crippen LogP contribution < -0.4 is 0 Å². The van der Waals surface area contributed by atoms with Crippen LogP contribution in [0, 0.1) is 11.7 Å². The van der Waals surface area contributed by atoms with Crippen LogP contribution in [0.1, 0.15) is 43.2 Å². The summed E-state index contributed by atoms with van der Waals surface area (Å²) in [6, 6.07) is 17.0. The number of carbonyl (C=O) groups is 1. The second-order valence-electron chi connectivity index (χ2n) is 9.49. The lowest BCUT2D eigenvalue weighted by Crippen LogP contribution is -2.50. The number of amides is 1. The van der Waals surface area contributed by atoms with E-state index in [2.05, 4.69) is 29.2 Å². The summed E-state index contributed by atoms with van der Waals surface area (Å²) < 4.78 is 19.7. The summed E-state index contributed by atoms with van der Waals surface area (Å²) >= 11 is 0. The molecule has 0 aliphatic carbocycles. The fraction of sp³-hybridized carbons (Fsp3) is 0.429. The third-order valence-electron chi connectivity index (χ3n) is 7.52. The average molecular weight is 447 g/mol. The Kier molecular flexibility index (Phi) is 6.41. The molecule has 3 aromatic rings. The van der Waals surface area contributed by atoms with Gasteiger partial charge >= 0.3 is 0 Å². The topological polar surface area (TPSA) is 42.4 Å². The number of pyridine rings is 1. The average Bonchev–Trinajstić information content (AvgIpc) is 3.10. The van der Waals surface area contributed by atoms with Crippen LogP contribution in [0.25, 0.3) is 10.9 Å². The van der Waals surface area contributed by atoms with E-state index in [4.69, 9.17) is 4.74 Å². The van der Waals surface area contributed by atoms with Crippen molar-refractivity contribution in [3.05, 3.63) is 77.7 Å². The molecule has 0 N–H and O–H groups in total. The quantitative estimate of drug-likeness (QED) is 0.547. The van der Waals surface area contributed by atoms with Gasteiger partial charge in [0, 0.05) is 37.9 Å². The predicted molar refractivity (Wildman–Crippen MR) is 127 cm³/mol. The van der Waals surface area contributed by atoms with Crippen LogP contribution >= 0.6 is 0 Å². The van der Waals surface area contributed by atoms with Crippen LogP contribution in [-0.4, -0.2) is 42.1 Å². The number of nitrogens with zero attached hydrogens (tertiary/aromatic N) is 2. The SMILES string of the molecule is O=C(N1CCCC(Cc2ccnc3ccccc23)CC1)C1(c2cccc(F)c2)CCOCC1. The van der Waals surface area contributed by atoms with Crippen molar-refractivity contribution in [2.75, 3.05) is 26.3 Å². The molecule has 2 saturated heterocycles. The summed E-state index contributed by atoms with van der Waals surface area (Å²) in [4.78, 5) is 20.5. The van der Waals surface area contributed by atoms with Crippen LogP contribution in [0.2, 0.25) is 0 Å². The fourth-order valence-electron chi connectivity index (χ4n) is 5.65. The molecular weight excluding hydrogens is 415 g/mol. The smallest absolute Gasteiger partial charge is 0.233 e. The van der Waals surface area contributed by atoms with Gasteiger partial charge in [0.15, 0.2) is 0 Å². The minimum absolute atomic E-state index is 0.145. The molecule has 0 spiro atoms. The maximum Gasteiger partial charge on any atom is 0.233 e. The highest BCUT2D eigenvalue weighted by atomic mass is 19.1. The Labute approximate surface area is 194 Å². The molecule has 2 aliphatic heterocycles. The zero-order valence-electron chi connectivity index (χ0n) is 19.0. The van der Waals surface area contributed by atoms with Gasteiger partial charge in [-0.15, -0.1) is 0 Å². The van der Waals surface area contributed by atoms with E-state index in [9.17, 15) is 9.18 Å². The van der Waals surface area contributed by atoms with Crippen molar-refractivity contribution in [1.29, 1.82) is 0 Å². The van der Waals surface area contributed by atoms with Gasteiger partial charge in [0.2, 0.25) is 5.91 Å². The number of likely N-dealkylation sites (tertiary alicyclic amines) is 1. The molecule has 1 amide bonds. The first kappa shape index (κ1) is 22.0. The summed E-state index contributed by atoms with van der Waals surface area (Å²) in [6.07, 6.45) is 7.21. The highest BCUT2D eigenvalue weighted by molar-refractivity contribution is 5.88. The van der Waals surface area contributed by atoms with Crippen molar-refractivity contribution in [3.63, 3.8) is 0 Å². The Balaban J connectivity index is 1.33. The monoisotopic (exact) mass is 446 g/mol. The first-order chi connectivity index (χ1) is 16.2. The standard InChI is InChI=1S/C28H31FN2O2/c29-24-7-3-6-23(20-24)28(12-17-33-18-13-28)27(32)31-15-4-5-21(11-16-31)19-22-10-14-30-26-9-2-1-8-25(22)26/h1-3,6-10,14,20-21H,4-5,11-13,15-19H2. The van der Waals surface area contributed by atoms with Crippen molar-refractivity contribution in [2.45, 2.75) is 43.9 Å². The summed E-state index contributed by atoms with van der Waals surface area (Å²) in [6.45, 7) is 2.59. The molecule has 172 valence electrons. The van der Waals surface area contributed by atoms with Gasteiger partial charge in [0.25, 0.3) is 0 Å². The van der Waals surface area contributed by atoms with Crippen LogP contribution in [0.15, 0.2) is 60.8 Å². The van der Waals surface area contributed by atoms with Crippen LogP contribution in [0.5, 0.6) is 0 Å². The number of hydrogen-bond acceptors (Lipinski definition) is 3. The molecule has 5 rings (SSSR count). The van der Waals surface area contributed by atoms with Crippen molar-refractivity contribution >= 4 is 16.8 Å². The van der Waals surface area contributed by atoms with Crippen molar-refractivity contribution in [1.82, 2.24) is 9.88 Å². The Morgan fingerprint density at radius 2 is 1.91 bits per heavy atom. The number of carbonyl (C=O) groups excluding carboxylic acids is 1. The number of hydrogen-bond donors (Lipinski definition) is 0. The predicted octanol–water partition coefficient (Wildman–Crippen LogP) is 5.29. The fourth-order valence-corrected chi connectivity index (χ4v) is 5.65. The molecule has 5 heteroatoms. The highest BCUT2D eigenvalue weighted by Crippen LogP contribution is 2.38. The molecule has 0 saturated carbocycles. The van der Waals surface area contributed by atoms with E-state index in [0.717, 1.165) is 49.9 Å². The largest absolute Gasteiger partial charge is 0.381 e. The van der Waals surface area contributed by atoms with E-state index in [-0.39, 0.29) is 11.7 Å². The third-order valence-corrected chi connectivity index (χ3v) is 7.52. The van der Waals surface area contributed by atoms with Gasteiger partial charge < -0.3 is 9.64 Å². The molecule has 2 fully saturated rings. The van der Waals surface area contributed by atoms with Gasteiger partial charge in [-0.05, 0) is 79.8 Å². The number of halogens is 1. The molecule has 1 aromatic heterocycles. The van der Waals surface area contributed by atoms with Crippen LogP contribution in [-0.2, 0) is 21.4 Å². The van der Waals surface area contributed by atoms with Gasteiger partial charge in [0.1, 0.15) is 5.82 Å². The summed E-state index contributed by atoms with van der Waals surface area (Å²) in [5.74, 6) is 0.395. The van der Waals surface area contributed by atoms with Gasteiger partial charge in [0.05, 0.1) is 10.9 Å². The molecule has 3 heterocycles. The number of rotatable bonds is 4. The van der Waals surface area contributed by atoms with E-state index in [1.165, 1.54) is 17.0 Å². The lowest BCUT2D eigenvalue weighted by Gasteiger charge is -2.40. The molecule has 0 radical (unpaired) electrons.